The molecule has 0 saturated carbocycles. The van der Waals surface area contributed by atoms with Gasteiger partial charge in [0.05, 0.1) is 28.1 Å². The van der Waals surface area contributed by atoms with Gasteiger partial charge in [-0.15, -0.1) is 0 Å². The number of hydrogen-bond donors (Lipinski definition) is 0. The highest BCUT2D eigenvalue weighted by atomic mass is 32.2. The minimum absolute atomic E-state index is 0.110. The second kappa shape index (κ2) is 10.6. The van der Waals surface area contributed by atoms with Crippen molar-refractivity contribution in [3.63, 3.8) is 0 Å². The molecule has 10 nitrogen and oxygen atoms in total. The molecule has 37 heavy (non-hydrogen) atoms. The van der Waals surface area contributed by atoms with Crippen LogP contribution in [0.4, 0.5) is 0 Å². The van der Waals surface area contributed by atoms with Crippen molar-refractivity contribution in [1.29, 1.82) is 0 Å². The number of hydrogen-bond acceptors (Lipinski definition) is 8. The molecule has 196 valence electrons. The number of aromatic nitrogens is 1. The van der Waals surface area contributed by atoms with E-state index in [4.69, 9.17) is 14.2 Å². The van der Waals surface area contributed by atoms with Crippen LogP contribution in [0.1, 0.15) is 36.5 Å². The molecular weight excluding hydrogens is 518 g/mol. The highest BCUT2D eigenvalue weighted by molar-refractivity contribution is 7.89. The molecule has 0 atom stereocenters. The number of fused-ring (bicyclic) bond motifs is 2. The third kappa shape index (κ3) is 5.27. The first-order chi connectivity index (χ1) is 17.9. The van der Waals surface area contributed by atoms with Gasteiger partial charge in [0.2, 0.25) is 10.0 Å². The maximum atomic E-state index is 13.1. The number of thiazole rings is 1. The maximum absolute atomic E-state index is 13.1. The lowest BCUT2D eigenvalue weighted by atomic mass is 10.2. The van der Waals surface area contributed by atoms with Crippen molar-refractivity contribution in [3.8, 4) is 11.5 Å². The number of amides is 1. The number of nitrogens with zero attached hydrogens (tertiary/aromatic N) is 3. The van der Waals surface area contributed by atoms with Gasteiger partial charge in [-0.2, -0.15) is 9.30 Å². The first-order valence-corrected chi connectivity index (χ1v) is 14.4. The molecule has 0 spiro atoms. The van der Waals surface area contributed by atoms with Crippen molar-refractivity contribution in [3.05, 3.63) is 46.8 Å². The molecule has 0 N–H and O–H groups in total. The van der Waals surface area contributed by atoms with Crippen LogP contribution in [0, 0.1) is 0 Å². The quantitative estimate of drug-likeness (QED) is 0.419. The zero-order valence-corrected chi connectivity index (χ0v) is 22.0. The largest absolute Gasteiger partial charge is 0.486 e. The van der Waals surface area contributed by atoms with Crippen LogP contribution in [0.15, 0.2) is 46.3 Å². The van der Waals surface area contributed by atoms with E-state index in [9.17, 15) is 18.0 Å². The van der Waals surface area contributed by atoms with Crippen LogP contribution in [0.3, 0.4) is 0 Å². The molecular formula is C25H27N3O7S2. The van der Waals surface area contributed by atoms with E-state index in [2.05, 4.69) is 4.99 Å². The van der Waals surface area contributed by atoms with Gasteiger partial charge in [-0.3, -0.25) is 9.59 Å². The van der Waals surface area contributed by atoms with E-state index >= 15 is 0 Å². The predicted octanol–water partition coefficient (Wildman–Crippen LogP) is 2.95. The van der Waals surface area contributed by atoms with E-state index in [0.29, 0.717) is 42.6 Å². The molecule has 2 aliphatic rings. The van der Waals surface area contributed by atoms with Crippen LogP contribution >= 0.6 is 11.3 Å². The summed E-state index contributed by atoms with van der Waals surface area (Å²) in [5, 5.41) is 0. The number of benzene rings is 2. The SMILES string of the molecule is CCOC(=O)CCn1c(=NC(=O)c2ccc(S(=O)(=O)N3CCCC3)cc2)sc2cc3c(cc21)OCCO3. The molecule has 0 bridgehead atoms. The van der Waals surface area contributed by atoms with Gasteiger partial charge in [0.1, 0.15) is 13.2 Å². The number of esters is 1. The number of carbonyl (C=O) groups excluding carboxylic acids is 2. The first-order valence-electron chi connectivity index (χ1n) is 12.1. The summed E-state index contributed by atoms with van der Waals surface area (Å²) in [5.41, 5.74) is 1.03. The molecule has 1 amide bonds. The monoisotopic (exact) mass is 545 g/mol. The summed E-state index contributed by atoms with van der Waals surface area (Å²) in [4.78, 5) is 30.0. The molecule has 0 aliphatic carbocycles. The van der Waals surface area contributed by atoms with E-state index in [-0.39, 0.29) is 36.0 Å². The summed E-state index contributed by atoms with van der Waals surface area (Å²) in [7, 11) is -3.57. The Morgan fingerprint density at radius 1 is 1.05 bits per heavy atom. The highest BCUT2D eigenvalue weighted by Gasteiger charge is 2.27. The first kappa shape index (κ1) is 25.4. The van der Waals surface area contributed by atoms with Crippen molar-refractivity contribution in [2.75, 3.05) is 32.9 Å². The summed E-state index contributed by atoms with van der Waals surface area (Å²) in [6.45, 7) is 4.20. The van der Waals surface area contributed by atoms with Crippen molar-refractivity contribution >= 4 is 43.5 Å². The second-order valence-corrected chi connectivity index (χ2v) is 11.6. The lowest BCUT2D eigenvalue weighted by Gasteiger charge is -2.18. The summed E-state index contributed by atoms with van der Waals surface area (Å²) < 4.78 is 46.1. The zero-order valence-electron chi connectivity index (χ0n) is 20.3. The highest BCUT2D eigenvalue weighted by Crippen LogP contribution is 2.35. The lowest BCUT2D eigenvalue weighted by molar-refractivity contribution is -0.143. The molecule has 0 radical (unpaired) electrons. The Morgan fingerprint density at radius 3 is 2.41 bits per heavy atom. The fourth-order valence-corrected chi connectivity index (χ4v) is 6.92. The second-order valence-electron chi connectivity index (χ2n) is 8.61. The Hall–Kier alpha value is -3.22. The number of sulfonamides is 1. The standard InChI is InChI=1S/C25H27N3O7S2/c1-2-33-23(29)9-12-28-19-15-20-21(35-14-13-34-20)16-22(19)36-25(28)26-24(30)17-5-7-18(8-6-17)37(31,32)27-10-3-4-11-27/h5-8,15-16H,2-4,9-14H2,1H3. The van der Waals surface area contributed by atoms with E-state index in [0.717, 1.165) is 23.1 Å². The van der Waals surface area contributed by atoms with Crippen LogP contribution in [0.5, 0.6) is 11.5 Å². The van der Waals surface area contributed by atoms with Crippen LogP contribution in [0.25, 0.3) is 10.2 Å². The molecule has 0 unspecified atom stereocenters. The van der Waals surface area contributed by atoms with Crippen molar-refractivity contribution in [1.82, 2.24) is 8.87 Å². The summed E-state index contributed by atoms with van der Waals surface area (Å²) >= 11 is 1.29. The normalized spacial score (nSPS) is 16.3. The molecule has 3 heterocycles. The average molecular weight is 546 g/mol. The topological polar surface area (TPSA) is 117 Å². The fourth-order valence-electron chi connectivity index (χ4n) is 4.34. The van der Waals surface area contributed by atoms with Crippen molar-refractivity contribution in [2.45, 2.75) is 37.6 Å². The average Bonchev–Trinajstić information content (AvgIpc) is 3.55. The van der Waals surface area contributed by atoms with E-state index in [1.165, 1.54) is 39.9 Å². The third-order valence-electron chi connectivity index (χ3n) is 6.19. The molecule has 3 aromatic rings. The molecule has 2 aliphatic heterocycles. The van der Waals surface area contributed by atoms with Gasteiger partial charge >= 0.3 is 5.97 Å². The number of aryl methyl sites for hydroxylation is 1. The molecule has 2 aromatic carbocycles. The molecule has 1 fully saturated rings. The Kier molecular flexibility index (Phi) is 7.31. The number of carbonyl (C=O) groups is 2. The van der Waals surface area contributed by atoms with Gasteiger partial charge in [0.25, 0.3) is 5.91 Å². The Balaban J connectivity index is 1.48. The van der Waals surface area contributed by atoms with Crippen molar-refractivity contribution in [2.24, 2.45) is 4.99 Å². The van der Waals surface area contributed by atoms with Gasteiger partial charge < -0.3 is 18.8 Å². The van der Waals surface area contributed by atoms with Gasteiger partial charge in [-0.25, -0.2) is 8.42 Å². The zero-order chi connectivity index (χ0) is 26.0. The van der Waals surface area contributed by atoms with E-state index < -0.39 is 15.9 Å². The van der Waals surface area contributed by atoms with Crippen LogP contribution in [-0.2, 0) is 26.1 Å². The summed E-state index contributed by atoms with van der Waals surface area (Å²) in [5.74, 6) is 0.345. The van der Waals surface area contributed by atoms with E-state index in [1.807, 2.05) is 12.1 Å². The molecule has 1 aromatic heterocycles. The van der Waals surface area contributed by atoms with Gasteiger partial charge in [0, 0.05) is 37.3 Å². The summed E-state index contributed by atoms with van der Waals surface area (Å²) in [6.07, 6.45) is 1.81. The Labute approximate surface area is 218 Å². The minimum atomic E-state index is -3.57. The van der Waals surface area contributed by atoms with Crippen LogP contribution in [0.2, 0.25) is 0 Å². The fraction of sp³-hybridized carbons (Fsp3) is 0.400. The third-order valence-corrected chi connectivity index (χ3v) is 9.15. The van der Waals surface area contributed by atoms with Gasteiger partial charge in [0.15, 0.2) is 16.3 Å². The Bertz CT molecular complexity index is 1500. The smallest absolute Gasteiger partial charge is 0.307 e. The predicted molar refractivity (Wildman–Crippen MR) is 136 cm³/mol. The number of ether oxygens (including phenoxy) is 3. The van der Waals surface area contributed by atoms with E-state index in [1.54, 1.807) is 11.5 Å². The molecule has 1 saturated heterocycles. The molecule has 5 rings (SSSR count). The minimum Gasteiger partial charge on any atom is -0.486 e. The summed E-state index contributed by atoms with van der Waals surface area (Å²) in [6, 6.07) is 9.51. The lowest BCUT2D eigenvalue weighted by Crippen LogP contribution is -2.27. The van der Waals surface area contributed by atoms with Crippen LogP contribution in [-0.4, -0.2) is 62.1 Å². The van der Waals surface area contributed by atoms with Gasteiger partial charge in [-0.05, 0) is 44.0 Å². The van der Waals surface area contributed by atoms with Crippen molar-refractivity contribution < 1.29 is 32.2 Å². The Morgan fingerprint density at radius 2 is 1.73 bits per heavy atom. The number of rotatable bonds is 7. The van der Waals surface area contributed by atoms with Gasteiger partial charge in [-0.1, -0.05) is 11.3 Å². The maximum Gasteiger partial charge on any atom is 0.307 e. The molecule has 12 heteroatoms. The van der Waals surface area contributed by atoms with Crippen LogP contribution < -0.4 is 14.3 Å².